The fraction of sp³-hybridized carbons (Fsp3) is 0.947. The Morgan fingerprint density at radius 2 is 1.92 bits per heavy atom. The van der Waals surface area contributed by atoms with Gasteiger partial charge in [-0.2, -0.15) is 0 Å². The van der Waals surface area contributed by atoms with E-state index in [2.05, 4.69) is 22.5 Å². The lowest BCUT2D eigenvalue weighted by molar-refractivity contribution is 0.0676. The fourth-order valence-electron chi connectivity index (χ4n) is 4.68. The molecule has 1 aliphatic heterocycles. The molecule has 3 rings (SSSR count). The lowest BCUT2D eigenvalue weighted by atomic mass is 9.85. The molecule has 138 valence electrons. The van der Waals surface area contributed by atoms with Crippen molar-refractivity contribution in [3.05, 3.63) is 0 Å². The number of rotatable bonds is 5. The van der Waals surface area contributed by atoms with Crippen LogP contribution in [0.1, 0.15) is 64.7 Å². The van der Waals surface area contributed by atoms with E-state index in [-0.39, 0.29) is 30.6 Å². The molecule has 0 aromatic carbocycles. The van der Waals surface area contributed by atoms with Gasteiger partial charge in [-0.25, -0.2) is 4.79 Å². The van der Waals surface area contributed by atoms with Crippen molar-refractivity contribution in [2.24, 2.45) is 11.8 Å². The standard InChI is InChI=1S/C19H35N3O2/c1-14(15-7-5-11-22(12-15)17-8-4-9-17)20-19(24)21-18-10-3-2-6-16(18)13-23/h14-18,23H,2-13H2,1H3,(H2,20,21,24). The molecule has 4 unspecified atom stereocenters. The molecule has 3 aliphatic rings. The van der Waals surface area contributed by atoms with Crippen LogP contribution in [-0.2, 0) is 0 Å². The SMILES string of the molecule is CC(NC(=O)NC1CCCCC1CO)C1CCCN(C2CCC2)C1. The molecule has 2 aliphatic carbocycles. The number of nitrogens with one attached hydrogen (secondary N) is 2. The van der Waals surface area contributed by atoms with E-state index in [1.807, 2.05) is 0 Å². The van der Waals surface area contributed by atoms with E-state index in [1.165, 1.54) is 45.1 Å². The quantitative estimate of drug-likeness (QED) is 0.722. The zero-order valence-corrected chi connectivity index (χ0v) is 15.2. The molecule has 0 spiro atoms. The maximum absolute atomic E-state index is 12.4. The van der Waals surface area contributed by atoms with Gasteiger partial charge in [-0.1, -0.05) is 19.3 Å². The van der Waals surface area contributed by atoms with Gasteiger partial charge in [-0.05, 0) is 57.9 Å². The second-order valence-corrected chi connectivity index (χ2v) is 8.22. The molecule has 0 aromatic heterocycles. The summed E-state index contributed by atoms with van der Waals surface area (Å²) in [4.78, 5) is 15.0. The third kappa shape index (κ3) is 4.42. The molecule has 1 heterocycles. The summed E-state index contributed by atoms with van der Waals surface area (Å²) < 4.78 is 0. The summed E-state index contributed by atoms with van der Waals surface area (Å²) in [5.74, 6) is 0.786. The molecule has 2 saturated carbocycles. The topological polar surface area (TPSA) is 64.6 Å². The Morgan fingerprint density at radius 3 is 2.62 bits per heavy atom. The molecular formula is C19H35N3O2. The van der Waals surface area contributed by atoms with Crippen molar-refractivity contribution in [1.29, 1.82) is 0 Å². The lowest BCUT2D eigenvalue weighted by Gasteiger charge is -2.44. The molecule has 24 heavy (non-hydrogen) atoms. The summed E-state index contributed by atoms with van der Waals surface area (Å²) in [6.07, 6.45) is 10.9. The number of nitrogens with zero attached hydrogens (tertiary/aromatic N) is 1. The van der Waals surface area contributed by atoms with E-state index in [1.54, 1.807) is 0 Å². The van der Waals surface area contributed by atoms with Crippen LogP contribution in [0.2, 0.25) is 0 Å². The Kier molecular flexibility index (Phi) is 6.39. The third-order valence-electron chi connectivity index (χ3n) is 6.61. The van der Waals surface area contributed by atoms with Crippen LogP contribution < -0.4 is 10.6 Å². The largest absolute Gasteiger partial charge is 0.396 e. The van der Waals surface area contributed by atoms with Crippen molar-refractivity contribution < 1.29 is 9.90 Å². The van der Waals surface area contributed by atoms with Crippen LogP contribution in [0.5, 0.6) is 0 Å². The number of amides is 2. The van der Waals surface area contributed by atoms with Crippen molar-refractivity contribution in [3.8, 4) is 0 Å². The Morgan fingerprint density at radius 1 is 1.12 bits per heavy atom. The molecule has 4 atom stereocenters. The number of piperidine rings is 1. The highest BCUT2D eigenvalue weighted by Crippen LogP contribution is 2.30. The highest BCUT2D eigenvalue weighted by Gasteiger charge is 2.32. The molecule has 0 aromatic rings. The summed E-state index contributed by atoms with van der Waals surface area (Å²) in [6, 6.07) is 1.10. The summed E-state index contributed by atoms with van der Waals surface area (Å²) in [7, 11) is 0. The second-order valence-electron chi connectivity index (χ2n) is 8.22. The number of hydrogen-bond acceptors (Lipinski definition) is 3. The maximum Gasteiger partial charge on any atom is 0.315 e. The van der Waals surface area contributed by atoms with Gasteiger partial charge >= 0.3 is 6.03 Å². The van der Waals surface area contributed by atoms with Crippen LogP contribution in [0, 0.1) is 11.8 Å². The molecule has 3 fully saturated rings. The van der Waals surface area contributed by atoms with E-state index in [0.717, 1.165) is 31.8 Å². The maximum atomic E-state index is 12.4. The third-order valence-corrected chi connectivity index (χ3v) is 6.61. The number of hydrogen-bond donors (Lipinski definition) is 3. The van der Waals surface area contributed by atoms with Crippen LogP contribution in [0.25, 0.3) is 0 Å². The summed E-state index contributed by atoms with van der Waals surface area (Å²) >= 11 is 0. The molecule has 5 heteroatoms. The number of carbonyl (C=O) groups excluding carboxylic acids is 1. The van der Waals surface area contributed by atoms with Gasteiger partial charge in [0.25, 0.3) is 0 Å². The smallest absolute Gasteiger partial charge is 0.315 e. The van der Waals surface area contributed by atoms with E-state index in [9.17, 15) is 9.90 Å². The monoisotopic (exact) mass is 337 g/mol. The van der Waals surface area contributed by atoms with Crippen molar-refractivity contribution in [3.63, 3.8) is 0 Å². The first-order chi connectivity index (χ1) is 11.7. The van der Waals surface area contributed by atoms with Crippen LogP contribution in [0.15, 0.2) is 0 Å². The lowest BCUT2D eigenvalue weighted by Crippen LogP contribution is -2.54. The van der Waals surface area contributed by atoms with Crippen molar-refractivity contribution in [2.45, 2.75) is 82.8 Å². The number of aliphatic hydroxyl groups is 1. The fourth-order valence-corrected chi connectivity index (χ4v) is 4.68. The predicted molar refractivity (Wildman–Crippen MR) is 95.9 cm³/mol. The summed E-state index contributed by atoms with van der Waals surface area (Å²) in [5, 5.41) is 15.8. The number of aliphatic hydroxyl groups excluding tert-OH is 1. The molecule has 0 bridgehead atoms. The van der Waals surface area contributed by atoms with Crippen molar-refractivity contribution >= 4 is 6.03 Å². The van der Waals surface area contributed by atoms with E-state index in [4.69, 9.17) is 0 Å². The molecular weight excluding hydrogens is 302 g/mol. The Balaban J connectivity index is 1.44. The van der Waals surface area contributed by atoms with Gasteiger partial charge in [0, 0.05) is 37.2 Å². The van der Waals surface area contributed by atoms with Crippen LogP contribution in [-0.4, -0.2) is 53.9 Å². The van der Waals surface area contributed by atoms with Gasteiger partial charge in [-0.15, -0.1) is 0 Å². The first kappa shape index (κ1) is 18.0. The minimum absolute atomic E-state index is 0.0476. The number of urea groups is 1. The Bertz CT molecular complexity index is 413. The van der Waals surface area contributed by atoms with Crippen LogP contribution >= 0.6 is 0 Å². The summed E-state index contributed by atoms with van der Waals surface area (Å²) in [5.41, 5.74) is 0. The number of likely N-dealkylation sites (tertiary alicyclic amines) is 1. The van der Waals surface area contributed by atoms with Crippen LogP contribution in [0.4, 0.5) is 4.79 Å². The van der Waals surface area contributed by atoms with Crippen LogP contribution in [0.3, 0.4) is 0 Å². The van der Waals surface area contributed by atoms with Gasteiger partial charge in [0.15, 0.2) is 0 Å². The van der Waals surface area contributed by atoms with Crippen molar-refractivity contribution in [1.82, 2.24) is 15.5 Å². The first-order valence-electron chi connectivity index (χ1n) is 10.1. The van der Waals surface area contributed by atoms with Gasteiger partial charge < -0.3 is 20.6 Å². The highest BCUT2D eigenvalue weighted by atomic mass is 16.3. The van der Waals surface area contributed by atoms with Gasteiger partial charge in [-0.3, -0.25) is 0 Å². The zero-order valence-electron chi connectivity index (χ0n) is 15.2. The molecule has 2 amide bonds. The summed E-state index contributed by atoms with van der Waals surface area (Å²) in [6.45, 7) is 4.70. The van der Waals surface area contributed by atoms with Gasteiger partial charge in [0.2, 0.25) is 0 Å². The van der Waals surface area contributed by atoms with Gasteiger partial charge in [0.1, 0.15) is 0 Å². The molecule has 3 N–H and O–H groups in total. The van der Waals surface area contributed by atoms with E-state index in [0.29, 0.717) is 5.92 Å². The molecule has 0 radical (unpaired) electrons. The second kappa shape index (κ2) is 8.52. The van der Waals surface area contributed by atoms with Gasteiger partial charge in [0.05, 0.1) is 0 Å². The minimum Gasteiger partial charge on any atom is -0.396 e. The first-order valence-corrected chi connectivity index (χ1v) is 10.1. The average molecular weight is 338 g/mol. The zero-order chi connectivity index (χ0) is 16.9. The average Bonchev–Trinajstić information content (AvgIpc) is 2.54. The van der Waals surface area contributed by atoms with E-state index >= 15 is 0 Å². The predicted octanol–water partition coefficient (Wildman–Crippen LogP) is 2.49. The van der Waals surface area contributed by atoms with E-state index < -0.39 is 0 Å². The normalized spacial score (nSPS) is 33.5. The Hall–Kier alpha value is -0.810. The molecule has 5 nitrogen and oxygen atoms in total. The number of carbonyl (C=O) groups is 1. The Labute approximate surface area is 146 Å². The molecule has 1 saturated heterocycles. The van der Waals surface area contributed by atoms with Crippen molar-refractivity contribution in [2.75, 3.05) is 19.7 Å². The minimum atomic E-state index is -0.0476. The highest BCUT2D eigenvalue weighted by molar-refractivity contribution is 5.74.